The molecule has 1 aliphatic heterocycles. The smallest absolute Gasteiger partial charge is 0.257 e. The summed E-state index contributed by atoms with van der Waals surface area (Å²) in [5.74, 6) is 3.87. The van der Waals surface area contributed by atoms with E-state index >= 15 is 0 Å². The molecule has 0 saturated carbocycles. The SMILES string of the molecule is CNC(C)Cc1noc(-c2ccc(C3SCCCS3)cc2)n1. The lowest BCUT2D eigenvalue weighted by molar-refractivity contribution is 0.418. The monoisotopic (exact) mass is 335 g/mol. The van der Waals surface area contributed by atoms with Crippen molar-refractivity contribution in [1.82, 2.24) is 15.5 Å². The van der Waals surface area contributed by atoms with E-state index in [-0.39, 0.29) is 0 Å². The number of thioether (sulfide) groups is 2. The van der Waals surface area contributed by atoms with Gasteiger partial charge in [-0.25, -0.2) is 0 Å². The van der Waals surface area contributed by atoms with Gasteiger partial charge < -0.3 is 9.84 Å². The van der Waals surface area contributed by atoms with Crippen molar-refractivity contribution in [2.75, 3.05) is 18.6 Å². The van der Waals surface area contributed by atoms with E-state index in [9.17, 15) is 0 Å². The van der Waals surface area contributed by atoms with E-state index in [4.69, 9.17) is 4.52 Å². The van der Waals surface area contributed by atoms with Crippen LogP contribution >= 0.6 is 23.5 Å². The van der Waals surface area contributed by atoms with Crippen LogP contribution in [0.2, 0.25) is 0 Å². The maximum atomic E-state index is 5.38. The van der Waals surface area contributed by atoms with Crippen molar-refractivity contribution in [3.63, 3.8) is 0 Å². The third-order valence-electron chi connectivity index (χ3n) is 3.71. The minimum Gasteiger partial charge on any atom is -0.334 e. The topological polar surface area (TPSA) is 51.0 Å². The maximum absolute atomic E-state index is 5.38. The van der Waals surface area contributed by atoms with Crippen LogP contribution in [0.1, 0.15) is 29.3 Å². The van der Waals surface area contributed by atoms with Crippen LogP contribution in [0.5, 0.6) is 0 Å². The Labute approximate surface area is 139 Å². The Hall–Kier alpha value is -0.980. The number of benzene rings is 1. The summed E-state index contributed by atoms with van der Waals surface area (Å²) < 4.78 is 5.95. The first-order chi connectivity index (χ1) is 10.8. The van der Waals surface area contributed by atoms with E-state index < -0.39 is 0 Å². The number of likely N-dealkylation sites (N-methyl/N-ethyl adjacent to an activating group) is 1. The first kappa shape index (κ1) is 15.9. The first-order valence-electron chi connectivity index (χ1n) is 7.59. The van der Waals surface area contributed by atoms with Gasteiger partial charge in [0, 0.05) is 18.0 Å². The molecule has 1 saturated heterocycles. The van der Waals surface area contributed by atoms with Gasteiger partial charge in [-0.15, -0.1) is 23.5 Å². The lowest BCUT2D eigenvalue weighted by Gasteiger charge is -2.21. The molecule has 0 spiro atoms. The van der Waals surface area contributed by atoms with Gasteiger partial charge in [-0.05, 0) is 49.6 Å². The zero-order chi connectivity index (χ0) is 15.4. The number of hydrogen-bond donors (Lipinski definition) is 1. The van der Waals surface area contributed by atoms with Crippen molar-refractivity contribution in [2.24, 2.45) is 0 Å². The molecular weight excluding hydrogens is 314 g/mol. The molecule has 2 heterocycles. The van der Waals surface area contributed by atoms with Crippen LogP contribution in [-0.2, 0) is 6.42 Å². The Balaban J connectivity index is 1.69. The Morgan fingerprint density at radius 1 is 1.27 bits per heavy atom. The molecule has 0 radical (unpaired) electrons. The highest BCUT2D eigenvalue weighted by Gasteiger charge is 2.17. The van der Waals surface area contributed by atoms with Crippen molar-refractivity contribution in [3.8, 4) is 11.5 Å². The predicted octanol–water partition coefficient (Wildman–Crippen LogP) is 3.76. The van der Waals surface area contributed by atoms with Crippen molar-refractivity contribution in [1.29, 1.82) is 0 Å². The number of rotatable bonds is 5. The summed E-state index contributed by atoms with van der Waals surface area (Å²) in [6.07, 6.45) is 2.09. The molecule has 6 heteroatoms. The summed E-state index contributed by atoms with van der Waals surface area (Å²) in [6, 6.07) is 8.89. The Morgan fingerprint density at radius 2 is 2.00 bits per heavy atom. The fourth-order valence-electron chi connectivity index (χ4n) is 2.29. The zero-order valence-electron chi connectivity index (χ0n) is 12.9. The van der Waals surface area contributed by atoms with Crippen molar-refractivity contribution in [3.05, 3.63) is 35.7 Å². The molecule has 1 atom stereocenters. The third kappa shape index (κ3) is 3.86. The molecule has 2 aromatic rings. The van der Waals surface area contributed by atoms with E-state index in [2.05, 4.69) is 46.6 Å². The van der Waals surface area contributed by atoms with E-state index in [1.54, 1.807) is 0 Å². The second kappa shape index (κ2) is 7.53. The highest BCUT2D eigenvalue weighted by molar-refractivity contribution is 8.16. The van der Waals surface area contributed by atoms with Crippen molar-refractivity contribution >= 4 is 23.5 Å². The number of nitrogens with one attached hydrogen (secondary N) is 1. The first-order valence-corrected chi connectivity index (χ1v) is 9.69. The Morgan fingerprint density at radius 3 is 2.68 bits per heavy atom. The third-order valence-corrected chi connectivity index (χ3v) is 6.72. The summed E-state index contributed by atoms with van der Waals surface area (Å²) in [5, 5.41) is 7.24. The average molecular weight is 335 g/mol. The number of nitrogens with zero attached hydrogens (tertiary/aromatic N) is 2. The zero-order valence-corrected chi connectivity index (χ0v) is 14.5. The molecule has 1 N–H and O–H groups in total. The summed E-state index contributed by atoms with van der Waals surface area (Å²) >= 11 is 4.07. The second-order valence-corrected chi connectivity index (χ2v) is 8.18. The molecule has 118 valence electrons. The predicted molar refractivity (Wildman–Crippen MR) is 94.2 cm³/mol. The van der Waals surface area contributed by atoms with Gasteiger partial charge in [0.15, 0.2) is 5.82 Å². The molecule has 0 bridgehead atoms. The van der Waals surface area contributed by atoms with Crippen LogP contribution in [0.25, 0.3) is 11.5 Å². The second-order valence-electron chi connectivity index (χ2n) is 5.46. The van der Waals surface area contributed by atoms with E-state index in [1.807, 2.05) is 30.6 Å². The van der Waals surface area contributed by atoms with Gasteiger partial charge in [0.2, 0.25) is 0 Å². The van der Waals surface area contributed by atoms with Gasteiger partial charge in [0.1, 0.15) is 0 Å². The Kier molecular flexibility index (Phi) is 5.44. The molecular formula is C16H21N3OS2. The minimum atomic E-state index is 0.341. The van der Waals surface area contributed by atoms with Gasteiger partial charge in [0.25, 0.3) is 5.89 Å². The molecule has 0 aliphatic carbocycles. The van der Waals surface area contributed by atoms with E-state index in [0.717, 1.165) is 17.8 Å². The lowest BCUT2D eigenvalue weighted by atomic mass is 10.1. The van der Waals surface area contributed by atoms with Crippen LogP contribution < -0.4 is 5.32 Å². The van der Waals surface area contributed by atoms with Crippen molar-refractivity contribution in [2.45, 2.75) is 30.4 Å². The van der Waals surface area contributed by atoms with Crippen LogP contribution in [0.15, 0.2) is 28.8 Å². The van der Waals surface area contributed by atoms with Crippen LogP contribution in [-0.4, -0.2) is 34.7 Å². The standard InChI is InChI=1S/C16H21N3OS2/c1-11(17-2)10-14-18-15(20-19-14)12-4-6-13(7-5-12)16-21-8-3-9-22-16/h4-7,11,16-17H,3,8-10H2,1-2H3. The number of aromatic nitrogens is 2. The van der Waals surface area contributed by atoms with Gasteiger partial charge >= 0.3 is 0 Å². The number of hydrogen-bond acceptors (Lipinski definition) is 6. The highest BCUT2D eigenvalue weighted by Crippen LogP contribution is 2.43. The lowest BCUT2D eigenvalue weighted by Crippen LogP contribution is -2.24. The fourth-order valence-corrected chi connectivity index (χ4v) is 5.19. The largest absolute Gasteiger partial charge is 0.334 e. The van der Waals surface area contributed by atoms with Gasteiger partial charge in [-0.1, -0.05) is 17.3 Å². The minimum absolute atomic E-state index is 0.341. The molecule has 0 amide bonds. The van der Waals surface area contributed by atoms with Crippen LogP contribution in [0.4, 0.5) is 0 Å². The Bertz CT molecular complexity index is 594. The van der Waals surface area contributed by atoms with E-state index in [1.165, 1.54) is 23.5 Å². The molecule has 3 rings (SSSR count). The highest BCUT2D eigenvalue weighted by atomic mass is 32.2. The quantitative estimate of drug-likeness (QED) is 0.898. The molecule has 1 aliphatic rings. The molecule has 22 heavy (non-hydrogen) atoms. The fraction of sp³-hybridized carbons (Fsp3) is 0.500. The molecule has 1 unspecified atom stereocenters. The average Bonchev–Trinajstić information content (AvgIpc) is 3.04. The molecule has 1 fully saturated rings. The summed E-state index contributed by atoms with van der Waals surface area (Å²) in [7, 11) is 1.94. The normalized spacial score (nSPS) is 17.5. The van der Waals surface area contributed by atoms with Crippen LogP contribution in [0.3, 0.4) is 0 Å². The van der Waals surface area contributed by atoms with Gasteiger partial charge in [-0.2, -0.15) is 4.98 Å². The molecule has 4 nitrogen and oxygen atoms in total. The van der Waals surface area contributed by atoms with Gasteiger partial charge in [0.05, 0.1) is 4.58 Å². The van der Waals surface area contributed by atoms with E-state index in [0.29, 0.717) is 16.5 Å². The van der Waals surface area contributed by atoms with Crippen LogP contribution in [0, 0.1) is 0 Å². The summed E-state index contributed by atoms with van der Waals surface area (Å²) in [5.41, 5.74) is 2.37. The molecule has 1 aromatic heterocycles. The van der Waals surface area contributed by atoms with Crippen molar-refractivity contribution < 1.29 is 4.52 Å². The summed E-state index contributed by atoms with van der Waals surface area (Å²) in [4.78, 5) is 4.48. The maximum Gasteiger partial charge on any atom is 0.257 e. The van der Waals surface area contributed by atoms with Gasteiger partial charge in [-0.3, -0.25) is 0 Å². The summed E-state index contributed by atoms with van der Waals surface area (Å²) in [6.45, 7) is 2.10. The molecule has 1 aromatic carbocycles.